The molecule has 1 aliphatic rings. The van der Waals surface area contributed by atoms with Crippen LogP contribution in [0, 0.1) is 6.92 Å². The molecule has 0 saturated carbocycles. The maximum absolute atomic E-state index is 4.52. The fourth-order valence-electron chi connectivity index (χ4n) is 2.93. The van der Waals surface area contributed by atoms with Gasteiger partial charge in [0.05, 0.1) is 5.52 Å². The van der Waals surface area contributed by atoms with Gasteiger partial charge in [0, 0.05) is 29.9 Å². The highest BCUT2D eigenvalue weighted by Gasteiger charge is 2.20. The predicted octanol–water partition coefficient (Wildman–Crippen LogP) is 3.70. The lowest BCUT2D eigenvalue weighted by Crippen LogP contribution is -2.35. The van der Waals surface area contributed by atoms with Crippen LogP contribution in [0.3, 0.4) is 0 Å². The molecule has 0 amide bonds. The molecule has 2 aromatic rings. The number of pyridine rings is 1. The van der Waals surface area contributed by atoms with Gasteiger partial charge in [0.15, 0.2) is 0 Å². The molecule has 18 heavy (non-hydrogen) atoms. The zero-order chi connectivity index (χ0) is 12.7. The third-order valence-electron chi connectivity index (χ3n) is 3.94. The number of benzene rings is 1. The number of nitrogens with zero attached hydrogens (tertiary/aromatic N) is 2. The minimum atomic E-state index is 0.561. The SMILES string of the molecule is Cc1ccnc2cc3c(cc12)CCCN3C(C)C. The van der Waals surface area contributed by atoms with Crippen LogP contribution in [0.1, 0.15) is 31.4 Å². The van der Waals surface area contributed by atoms with Gasteiger partial charge in [-0.3, -0.25) is 4.98 Å². The Bertz CT molecular complexity index is 587. The van der Waals surface area contributed by atoms with Gasteiger partial charge in [0.25, 0.3) is 0 Å². The van der Waals surface area contributed by atoms with E-state index in [1.165, 1.54) is 41.6 Å². The maximum atomic E-state index is 4.52. The number of hydrogen-bond acceptors (Lipinski definition) is 2. The average molecular weight is 240 g/mol. The molecular weight excluding hydrogens is 220 g/mol. The topological polar surface area (TPSA) is 16.1 Å². The molecule has 0 spiro atoms. The Morgan fingerprint density at radius 3 is 2.89 bits per heavy atom. The largest absolute Gasteiger partial charge is 0.369 e. The van der Waals surface area contributed by atoms with E-state index in [9.17, 15) is 0 Å². The zero-order valence-corrected chi connectivity index (χ0v) is 11.4. The first kappa shape index (κ1) is 11.5. The summed E-state index contributed by atoms with van der Waals surface area (Å²) in [5.41, 5.74) is 5.33. The zero-order valence-electron chi connectivity index (χ0n) is 11.4. The Labute approximate surface area is 109 Å². The Hall–Kier alpha value is -1.57. The van der Waals surface area contributed by atoms with E-state index in [2.05, 4.69) is 48.9 Å². The van der Waals surface area contributed by atoms with Crippen molar-refractivity contribution in [2.75, 3.05) is 11.4 Å². The van der Waals surface area contributed by atoms with E-state index in [4.69, 9.17) is 0 Å². The smallest absolute Gasteiger partial charge is 0.0725 e. The van der Waals surface area contributed by atoms with Gasteiger partial charge in [-0.25, -0.2) is 0 Å². The van der Waals surface area contributed by atoms with Gasteiger partial charge in [0.2, 0.25) is 0 Å². The highest BCUT2D eigenvalue weighted by Crippen LogP contribution is 2.32. The molecule has 0 fully saturated rings. The second kappa shape index (κ2) is 4.27. The van der Waals surface area contributed by atoms with Gasteiger partial charge < -0.3 is 4.90 Å². The van der Waals surface area contributed by atoms with Crippen LogP contribution in [0.4, 0.5) is 5.69 Å². The van der Waals surface area contributed by atoms with Crippen molar-refractivity contribution in [2.24, 2.45) is 0 Å². The minimum Gasteiger partial charge on any atom is -0.369 e. The van der Waals surface area contributed by atoms with E-state index >= 15 is 0 Å². The number of fused-ring (bicyclic) bond motifs is 2. The summed E-state index contributed by atoms with van der Waals surface area (Å²) >= 11 is 0. The molecule has 0 radical (unpaired) electrons. The average Bonchev–Trinajstić information content (AvgIpc) is 2.36. The molecule has 0 atom stereocenters. The van der Waals surface area contributed by atoms with E-state index in [0.29, 0.717) is 6.04 Å². The van der Waals surface area contributed by atoms with Crippen molar-refractivity contribution >= 4 is 16.6 Å². The summed E-state index contributed by atoms with van der Waals surface area (Å²) in [6.45, 7) is 7.87. The highest BCUT2D eigenvalue weighted by molar-refractivity contribution is 5.87. The summed E-state index contributed by atoms with van der Waals surface area (Å²) in [6, 6.07) is 7.28. The second-order valence-corrected chi connectivity index (χ2v) is 5.52. The van der Waals surface area contributed by atoms with E-state index < -0.39 is 0 Å². The molecule has 0 saturated heterocycles. The van der Waals surface area contributed by atoms with Gasteiger partial charge in [0.1, 0.15) is 0 Å². The first-order valence-electron chi connectivity index (χ1n) is 6.81. The summed E-state index contributed by atoms with van der Waals surface area (Å²) < 4.78 is 0. The van der Waals surface area contributed by atoms with Crippen LogP contribution in [-0.4, -0.2) is 17.6 Å². The Morgan fingerprint density at radius 2 is 2.11 bits per heavy atom. The summed E-state index contributed by atoms with van der Waals surface area (Å²) in [4.78, 5) is 7.02. The molecule has 1 aromatic carbocycles. The van der Waals surface area contributed by atoms with Gasteiger partial charge in [-0.15, -0.1) is 0 Å². The quantitative estimate of drug-likeness (QED) is 0.755. The molecule has 1 aliphatic heterocycles. The molecular formula is C16H20N2. The lowest BCUT2D eigenvalue weighted by atomic mass is 9.97. The lowest BCUT2D eigenvalue weighted by Gasteiger charge is -2.35. The van der Waals surface area contributed by atoms with Crippen molar-refractivity contribution in [3.63, 3.8) is 0 Å². The van der Waals surface area contributed by atoms with Gasteiger partial charge in [-0.05, 0) is 62.9 Å². The second-order valence-electron chi connectivity index (χ2n) is 5.52. The van der Waals surface area contributed by atoms with Crippen LogP contribution in [-0.2, 0) is 6.42 Å². The number of hydrogen-bond donors (Lipinski definition) is 0. The fourth-order valence-corrected chi connectivity index (χ4v) is 2.93. The van der Waals surface area contributed by atoms with Crippen LogP contribution in [0.15, 0.2) is 24.4 Å². The van der Waals surface area contributed by atoms with Crippen molar-refractivity contribution < 1.29 is 0 Å². The first-order chi connectivity index (χ1) is 8.66. The van der Waals surface area contributed by atoms with E-state index in [0.717, 1.165) is 5.52 Å². The van der Waals surface area contributed by atoms with Gasteiger partial charge >= 0.3 is 0 Å². The molecule has 0 N–H and O–H groups in total. The van der Waals surface area contributed by atoms with Gasteiger partial charge in [-0.2, -0.15) is 0 Å². The molecule has 2 heterocycles. The van der Waals surface area contributed by atoms with E-state index in [1.54, 1.807) is 0 Å². The Morgan fingerprint density at radius 1 is 1.28 bits per heavy atom. The van der Waals surface area contributed by atoms with Crippen LogP contribution < -0.4 is 4.90 Å². The molecule has 2 nitrogen and oxygen atoms in total. The van der Waals surface area contributed by atoms with Crippen molar-refractivity contribution in [1.29, 1.82) is 0 Å². The molecule has 0 aliphatic carbocycles. The first-order valence-corrected chi connectivity index (χ1v) is 6.81. The van der Waals surface area contributed by atoms with Crippen molar-refractivity contribution in [2.45, 2.75) is 39.7 Å². The molecule has 0 bridgehead atoms. The van der Waals surface area contributed by atoms with Crippen LogP contribution in [0.25, 0.3) is 10.9 Å². The standard InChI is InChI=1S/C16H20N2/c1-11(2)18-8-4-5-13-9-14-12(3)6-7-17-15(14)10-16(13)18/h6-7,9-11H,4-5,8H2,1-3H3. The van der Waals surface area contributed by atoms with E-state index in [-0.39, 0.29) is 0 Å². The normalized spacial score (nSPS) is 15.2. The Kier molecular flexibility index (Phi) is 2.73. The summed E-state index contributed by atoms with van der Waals surface area (Å²) in [5, 5.41) is 1.31. The van der Waals surface area contributed by atoms with Crippen molar-refractivity contribution in [3.05, 3.63) is 35.5 Å². The Balaban J connectivity index is 2.22. The number of aromatic nitrogens is 1. The lowest BCUT2D eigenvalue weighted by molar-refractivity contribution is 0.626. The van der Waals surface area contributed by atoms with Crippen LogP contribution in [0.5, 0.6) is 0 Å². The molecule has 3 rings (SSSR count). The molecule has 0 unspecified atom stereocenters. The molecule has 1 aromatic heterocycles. The van der Waals surface area contributed by atoms with Crippen molar-refractivity contribution in [3.8, 4) is 0 Å². The van der Waals surface area contributed by atoms with Gasteiger partial charge in [-0.1, -0.05) is 0 Å². The monoisotopic (exact) mass is 240 g/mol. The number of anilines is 1. The maximum Gasteiger partial charge on any atom is 0.0725 e. The van der Waals surface area contributed by atoms with Crippen molar-refractivity contribution in [1.82, 2.24) is 4.98 Å². The minimum absolute atomic E-state index is 0.561. The summed E-state index contributed by atoms with van der Waals surface area (Å²) in [7, 11) is 0. The molecule has 94 valence electrons. The van der Waals surface area contributed by atoms with Crippen LogP contribution in [0.2, 0.25) is 0 Å². The number of aryl methyl sites for hydroxylation is 2. The molecule has 2 heteroatoms. The fraction of sp³-hybridized carbons (Fsp3) is 0.438. The summed E-state index contributed by atoms with van der Waals surface area (Å²) in [5.74, 6) is 0. The highest BCUT2D eigenvalue weighted by atomic mass is 15.2. The van der Waals surface area contributed by atoms with Crippen LogP contribution >= 0.6 is 0 Å². The summed E-state index contributed by atoms with van der Waals surface area (Å²) in [6.07, 6.45) is 4.37. The third kappa shape index (κ3) is 1.76. The van der Waals surface area contributed by atoms with E-state index in [1.807, 2.05) is 6.20 Å². The number of rotatable bonds is 1. The third-order valence-corrected chi connectivity index (χ3v) is 3.94. The predicted molar refractivity (Wildman–Crippen MR) is 77.3 cm³/mol.